The third kappa shape index (κ3) is 3.82. The summed E-state index contributed by atoms with van der Waals surface area (Å²) in [5, 5.41) is 1.22. The Morgan fingerprint density at radius 1 is 1.35 bits per heavy atom. The van der Waals surface area contributed by atoms with Gasteiger partial charge in [0.15, 0.2) is 0 Å². The molecule has 1 atom stereocenters. The summed E-state index contributed by atoms with van der Waals surface area (Å²) in [6.07, 6.45) is 8.36. The van der Waals surface area contributed by atoms with E-state index in [-0.39, 0.29) is 0 Å². The monoisotopic (exact) mass is 349 g/mol. The van der Waals surface area contributed by atoms with Crippen LogP contribution >= 0.6 is 11.3 Å². The maximum Gasteiger partial charge on any atom is 0.125 e. The molecular weight excluding hydrogens is 326 g/mol. The second-order valence-corrected chi connectivity index (χ2v) is 8.25. The molecule has 0 amide bonds. The first-order valence-electron chi connectivity index (χ1n) is 8.20. The summed E-state index contributed by atoms with van der Waals surface area (Å²) in [5.74, 6) is 0.596. The van der Waals surface area contributed by atoms with Crippen molar-refractivity contribution in [2.45, 2.75) is 49.8 Å². The highest BCUT2D eigenvalue weighted by atomic mass is 32.2. The molecule has 1 saturated carbocycles. The van der Waals surface area contributed by atoms with E-state index in [1.807, 2.05) is 25.3 Å². The van der Waals surface area contributed by atoms with Gasteiger partial charge in [0.1, 0.15) is 11.0 Å². The average Bonchev–Trinajstić information content (AvgIpc) is 3.05. The molecule has 1 aromatic carbocycles. The lowest BCUT2D eigenvalue weighted by atomic mass is 9.90. The molecule has 6 heteroatoms. The zero-order valence-corrected chi connectivity index (χ0v) is 15.0. The van der Waals surface area contributed by atoms with E-state index < -0.39 is 11.0 Å². The smallest absolute Gasteiger partial charge is 0.125 e. The van der Waals surface area contributed by atoms with E-state index in [0.717, 1.165) is 15.3 Å². The molecule has 0 saturated heterocycles. The molecule has 23 heavy (non-hydrogen) atoms. The number of nitrogens with two attached hydrogens (primary N) is 1. The molecule has 3 rings (SSSR count). The van der Waals surface area contributed by atoms with Crippen LogP contribution in [0.5, 0.6) is 0 Å². The Labute approximate surface area is 144 Å². The zero-order valence-electron chi connectivity index (χ0n) is 13.4. The summed E-state index contributed by atoms with van der Waals surface area (Å²) in [6.45, 7) is 2.59. The van der Waals surface area contributed by atoms with Crippen molar-refractivity contribution in [1.82, 2.24) is 9.71 Å². The number of hydrogen-bond donors (Lipinski definition) is 2. The normalized spacial score (nSPS) is 17.3. The van der Waals surface area contributed by atoms with Crippen molar-refractivity contribution in [2.75, 3.05) is 12.3 Å². The van der Waals surface area contributed by atoms with Crippen molar-refractivity contribution < 1.29 is 4.21 Å². The van der Waals surface area contributed by atoms with Crippen LogP contribution in [0.3, 0.4) is 0 Å². The highest BCUT2D eigenvalue weighted by Crippen LogP contribution is 2.39. The number of nitrogens with zero attached hydrogens (tertiary/aromatic N) is 1. The van der Waals surface area contributed by atoms with Crippen LogP contribution < -0.4 is 10.5 Å². The molecule has 0 spiro atoms. The van der Waals surface area contributed by atoms with Crippen molar-refractivity contribution in [3.8, 4) is 10.4 Å². The van der Waals surface area contributed by atoms with Crippen molar-refractivity contribution in [2.24, 2.45) is 0 Å². The fourth-order valence-corrected chi connectivity index (χ4v) is 5.28. The Hall–Kier alpha value is -1.24. The number of hydrogen-bond acceptors (Lipinski definition) is 4. The molecule has 0 radical (unpaired) electrons. The molecule has 124 valence electrons. The van der Waals surface area contributed by atoms with E-state index in [1.165, 1.54) is 37.1 Å². The van der Waals surface area contributed by atoms with E-state index in [2.05, 4.69) is 9.71 Å². The number of thiazole rings is 1. The quantitative estimate of drug-likeness (QED) is 0.800. The number of aromatic nitrogens is 1. The molecule has 1 aliphatic rings. The first-order chi connectivity index (χ1) is 11.2. The summed E-state index contributed by atoms with van der Waals surface area (Å²) in [7, 11) is -1.25. The van der Waals surface area contributed by atoms with Crippen LogP contribution in [0.4, 0.5) is 5.69 Å². The van der Waals surface area contributed by atoms with Gasteiger partial charge in [0, 0.05) is 29.9 Å². The number of nitrogens with one attached hydrogen (secondary N) is 1. The third-order valence-corrected chi connectivity index (χ3v) is 6.71. The molecule has 0 aliphatic heterocycles. The minimum atomic E-state index is -1.25. The van der Waals surface area contributed by atoms with Gasteiger partial charge in [-0.15, -0.1) is 11.3 Å². The summed E-state index contributed by atoms with van der Waals surface area (Å²) in [4.78, 5) is 6.47. The van der Waals surface area contributed by atoms with E-state index >= 15 is 0 Å². The maximum absolute atomic E-state index is 12.4. The molecule has 1 fully saturated rings. The fraction of sp³-hybridized carbons (Fsp3) is 0.471. The Kier molecular flexibility index (Phi) is 5.46. The predicted octanol–water partition coefficient (Wildman–Crippen LogP) is 4.07. The van der Waals surface area contributed by atoms with Crippen LogP contribution in [0.2, 0.25) is 0 Å². The van der Waals surface area contributed by atoms with Gasteiger partial charge in [-0.25, -0.2) is 13.9 Å². The Morgan fingerprint density at radius 2 is 2.13 bits per heavy atom. The van der Waals surface area contributed by atoms with Crippen LogP contribution in [0.15, 0.2) is 29.3 Å². The predicted molar refractivity (Wildman–Crippen MR) is 97.9 cm³/mol. The molecule has 1 heterocycles. The van der Waals surface area contributed by atoms with Crippen LogP contribution in [-0.4, -0.2) is 15.7 Å². The summed E-state index contributed by atoms with van der Waals surface area (Å²) in [5.41, 5.74) is 7.49. The number of anilines is 1. The van der Waals surface area contributed by atoms with Gasteiger partial charge >= 0.3 is 0 Å². The number of benzene rings is 1. The molecule has 1 aromatic heterocycles. The number of rotatable bonds is 5. The van der Waals surface area contributed by atoms with Crippen LogP contribution in [0, 0.1) is 0 Å². The molecular formula is C17H23N3OS2. The summed E-state index contributed by atoms with van der Waals surface area (Å²) in [6, 6.07) is 5.62. The minimum absolute atomic E-state index is 0.596. The van der Waals surface area contributed by atoms with Crippen molar-refractivity contribution in [3.05, 3.63) is 29.4 Å². The third-order valence-electron chi connectivity index (χ3n) is 4.22. The molecule has 1 aliphatic carbocycles. The van der Waals surface area contributed by atoms with Gasteiger partial charge in [-0.3, -0.25) is 0 Å². The molecule has 4 nitrogen and oxygen atoms in total. The van der Waals surface area contributed by atoms with Gasteiger partial charge < -0.3 is 5.73 Å². The van der Waals surface area contributed by atoms with Gasteiger partial charge in [-0.1, -0.05) is 32.3 Å². The molecule has 0 bridgehead atoms. The van der Waals surface area contributed by atoms with Crippen LogP contribution in [-0.2, 0) is 11.0 Å². The second kappa shape index (κ2) is 7.55. The highest BCUT2D eigenvalue weighted by molar-refractivity contribution is 7.83. The first-order valence-corrected chi connectivity index (χ1v) is 10.2. The highest BCUT2D eigenvalue weighted by Gasteiger charge is 2.20. The topological polar surface area (TPSA) is 68.0 Å². The van der Waals surface area contributed by atoms with Gasteiger partial charge in [-0.2, -0.15) is 0 Å². The van der Waals surface area contributed by atoms with E-state index in [4.69, 9.17) is 5.73 Å². The maximum atomic E-state index is 12.4. The van der Waals surface area contributed by atoms with Gasteiger partial charge in [0.05, 0.1) is 14.8 Å². The van der Waals surface area contributed by atoms with Gasteiger partial charge in [0.25, 0.3) is 0 Å². The number of nitrogen functional groups attached to an aromatic ring is 1. The lowest BCUT2D eigenvalue weighted by molar-refractivity contribution is 0.442. The largest absolute Gasteiger partial charge is 0.399 e. The first kappa shape index (κ1) is 16.6. The van der Waals surface area contributed by atoms with E-state index in [0.29, 0.717) is 18.2 Å². The summed E-state index contributed by atoms with van der Waals surface area (Å²) < 4.78 is 15.4. The SMILES string of the molecule is CCNS(=O)c1cc(N)ccc1-c1cnc(C2CCCCC2)s1. The fourth-order valence-electron chi connectivity index (χ4n) is 3.06. The van der Waals surface area contributed by atoms with Gasteiger partial charge in [0.2, 0.25) is 0 Å². The van der Waals surface area contributed by atoms with E-state index in [1.54, 1.807) is 17.4 Å². The lowest BCUT2D eigenvalue weighted by Gasteiger charge is -2.18. The Morgan fingerprint density at radius 3 is 2.87 bits per heavy atom. The van der Waals surface area contributed by atoms with Crippen LogP contribution in [0.25, 0.3) is 10.4 Å². The van der Waals surface area contributed by atoms with Crippen LogP contribution in [0.1, 0.15) is 50.0 Å². The van der Waals surface area contributed by atoms with Crippen molar-refractivity contribution in [3.63, 3.8) is 0 Å². The zero-order chi connectivity index (χ0) is 16.2. The standard InChI is InChI=1S/C17H23N3OS2/c1-2-20-23(21)16-10-13(18)8-9-14(16)15-11-19-17(22-15)12-6-4-3-5-7-12/h8-12,20H,2-7,18H2,1H3. The minimum Gasteiger partial charge on any atom is -0.399 e. The van der Waals surface area contributed by atoms with E-state index in [9.17, 15) is 4.21 Å². The van der Waals surface area contributed by atoms with Crippen molar-refractivity contribution in [1.29, 1.82) is 0 Å². The molecule has 2 aromatic rings. The lowest BCUT2D eigenvalue weighted by Crippen LogP contribution is -2.17. The summed E-state index contributed by atoms with van der Waals surface area (Å²) >= 11 is 1.73. The Balaban J connectivity index is 1.92. The Bertz CT molecular complexity index is 693. The molecule has 1 unspecified atom stereocenters. The second-order valence-electron chi connectivity index (χ2n) is 5.92. The van der Waals surface area contributed by atoms with Gasteiger partial charge in [-0.05, 0) is 25.0 Å². The average molecular weight is 350 g/mol. The molecule has 3 N–H and O–H groups in total. The van der Waals surface area contributed by atoms with Crippen molar-refractivity contribution >= 4 is 28.0 Å².